The molecule has 0 aromatic heterocycles. The number of rotatable bonds is 4. The van der Waals surface area contributed by atoms with E-state index in [-0.39, 0.29) is 11.4 Å². The van der Waals surface area contributed by atoms with Gasteiger partial charge in [0.2, 0.25) is 0 Å². The Morgan fingerprint density at radius 3 is 2.25 bits per heavy atom. The van der Waals surface area contributed by atoms with Gasteiger partial charge in [0, 0.05) is 29.3 Å². The first-order valence-corrected chi connectivity index (χ1v) is 8.29. The molecule has 28 heavy (non-hydrogen) atoms. The topological polar surface area (TPSA) is 108 Å². The average molecular weight is 375 g/mol. The van der Waals surface area contributed by atoms with Gasteiger partial charge in [-0.1, -0.05) is 12.1 Å². The van der Waals surface area contributed by atoms with Crippen LogP contribution in [0.2, 0.25) is 0 Å². The molecule has 3 aromatic carbocycles. The highest BCUT2D eigenvalue weighted by molar-refractivity contribution is 6.26. The first kappa shape index (κ1) is 17.3. The third kappa shape index (κ3) is 2.77. The number of ether oxygens (including phenoxy) is 1. The molecule has 0 atom stereocenters. The average Bonchev–Trinajstić information content (AvgIpc) is 3.01. The fourth-order valence-corrected chi connectivity index (χ4v) is 3.28. The zero-order valence-corrected chi connectivity index (χ0v) is 14.7. The number of fused-ring (bicyclic) bond motifs is 3. The lowest BCUT2D eigenvalue weighted by Gasteiger charge is -2.04. The Labute approximate surface area is 159 Å². The Bertz CT molecular complexity index is 1150. The molecule has 1 aliphatic rings. The summed E-state index contributed by atoms with van der Waals surface area (Å²) in [6.45, 7) is 0. The van der Waals surface area contributed by atoms with Crippen LogP contribution in [0.15, 0.2) is 65.7 Å². The van der Waals surface area contributed by atoms with Crippen LogP contribution in [-0.4, -0.2) is 22.7 Å². The van der Waals surface area contributed by atoms with Crippen LogP contribution in [0.1, 0.15) is 11.1 Å². The minimum Gasteiger partial charge on any atom is -0.497 e. The highest BCUT2D eigenvalue weighted by Gasteiger charge is 2.32. The van der Waals surface area contributed by atoms with Gasteiger partial charge in [-0.3, -0.25) is 20.2 Å². The number of non-ortho nitro benzene ring substituents is 1. The van der Waals surface area contributed by atoms with Crippen LogP contribution >= 0.6 is 0 Å². The highest BCUT2D eigenvalue weighted by Crippen LogP contribution is 2.44. The number of methoxy groups -OCH3 is 1. The van der Waals surface area contributed by atoms with Gasteiger partial charge in [-0.25, -0.2) is 4.99 Å². The van der Waals surface area contributed by atoms with Gasteiger partial charge in [-0.05, 0) is 35.9 Å². The molecule has 8 heteroatoms. The largest absolute Gasteiger partial charge is 0.497 e. The molecule has 0 heterocycles. The second-order valence-electron chi connectivity index (χ2n) is 6.10. The summed E-state index contributed by atoms with van der Waals surface area (Å²) in [5.41, 5.74) is 2.94. The zero-order valence-electron chi connectivity index (χ0n) is 14.7. The maximum absolute atomic E-state index is 11.5. The van der Waals surface area contributed by atoms with Gasteiger partial charge >= 0.3 is 0 Å². The molecule has 0 unspecified atom stereocenters. The van der Waals surface area contributed by atoms with Crippen molar-refractivity contribution in [1.82, 2.24) is 0 Å². The first-order valence-electron chi connectivity index (χ1n) is 8.29. The van der Waals surface area contributed by atoms with Crippen LogP contribution in [0.25, 0.3) is 11.1 Å². The van der Waals surface area contributed by atoms with E-state index in [1.807, 2.05) is 0 Å². The van der Waals surface area contributed by atoms with Gasteiger partial charge in [-0.2, -0.15) is 0 Å². The van der Waals surface area contributed by atoms with E-state index < -0.39 is 9.85 Å². The van der Waals surface area contributed by atoms with Crippen LogP contribution in [0.3, 0.4) is 0 Å². The van der Waals surface area contributed by atoms with Gasteiger partial charge in [0.1, 0.15) is 5.75 Å². The summed E-state index contributed by atoms with van der Waals surface area (Å²) in [5.74, 6) is 0.669. The second-order valence-corrected chi connectivity index (χ2v) is 6.10. The predicted octanol–water partition coefficient (Wildman–Crippen LogP) is 4.66. The second kappa shape index (κ2) is 6.58. The third-order valence-electron chi connectivity index (χ3n) is 4.55. The van der Waals surface area contributed by atoms with Crippen molar-refractivity contribution >= 4 is 22.8 Å². The predicted molar refractivity (Wildman–Crippen MR) is 103 cm³/mol. The summed E-state index contributed by atoms with van der Waals surface area (Å²) in [7, 11) is 1.56. The summed E-state index contributed by atoms with van der Waals surface area (Å²) in [6.07, 6.45) is 0. The normalized spacial score (nSPS) is 13.1. The minimum atomic E-state index is -0.497. The summed E-state index contributed by atoms with van der Waals surface area (Å²) in [6, 6.07) is 16.0. The molecule has 0 radical (unpaired) electrons. The molecule has 4 rings (SSSR count). The molecule has 138 valence electrons. The Hall–Kier alpha value is -4.07. The number of benzene rings is 3. The lowest BCUT2D eigenvalue weighted by Crippen LogP contribution is -1.99. The molecular formula is C20H13N3O5. The molecule has 0 aliphatic heterocycles. The minimum absolute atomic E-state index is 0.0625. The van der Waals surface area contributed by atoms with Gasteiger partial charge in [0.15, 0.2) is 0 Å². The quantitative estimate of drug-likeness (QED) is 0.381. The summed E-state index contributed by atoms with van der Waals surface area (Å²) in [4.78, 5) is 26.4. The number of hydrogen-bond acceptors (Lipinski definition) is 6. The van der Waals surface area contributed by atoms with Gasteiger partial charge < -0.3 is 4.74 Å². The number of nitro groups is 2. The standard InChI is InChI=1S/C20H13N3O5/c1-28-14-8-5-12(6-9-14)21-20-16-3-2-4-18(23(26)27)19(16)15-10-7-13(22(24)25)11-17(15)20/h2-11H,1H3. The Morgan fingerprint density at radius 1 is 0.857 bits per heavy atom. The fourth-order valence-electron chi connectivity index (χ4n) is 3.28. The molecule has 0 saturated heterocycles. The Morgan fingerprint density at radius 2 is 1.61 bits per heavy atom. The molecule has 8 nitrogen and oxygen atoms in total. The molecule has 0 N–H and O–H groups in total. The first-order chi connectivity index (χ1) is 13.5. The summed E-state index contributed by atoms with van der Waals surface area (Å²) in [5, 5.41) is 22.8. The maximum atomic E-state index is 11.5. The molecular weight excluding hydrogens is 362 g/mol. The highest BCUT2D eigenvalue weighted by atomic mass is 16.6. The maximum Gasteiger partial charge on any atom is 0.277 e. The van der Waals surface area contributed by atoms with Crippen molar-refractivity contribution in [2.24, 2.45) is 4.99 Å². The molecule has 0 saturated carbocycles. The van der Waals surface area contributed by atoms with Crippen LogP contribution in [0, 0.1) is 20.2 Å². The van der Waals surface area contributed by atoms with Gasteiger partial charge in [-0.15, -0.1) is 0 Å². The Kier molecular flexibility index (Phi) is 4.08. The smallest absolute Gasteiger partial charge is 0.277 e. The molecule has 0 fully saturated rings. The van der Waals surface area contributed by atoms with E-state index in [9.17, 15) is 20.2 Å². The monoisotopic (exact) mass is 375 g/mol. The van der Waals surface area contributed by atoms with Gasteiger partial charge in [0.05, 0.1) is 33.9 Å². The van der Waals surface area contributed by atoms with Crippen LogP contribution in [0.4, 0.5) is 17.1 Å². The number of nitrogens with zero attached hydrogens (tertiary/aromatic N) is 3. The third-order valence-corrected chi connectivity index (χ3v) is 4.55. The van der Waals surface area contributed by atoms with E-state index in [4.69, 9.17) is 4.74 Å². The van der Waals surface area contributed by atoms with E-state index >= 15 is 0 Å². The number of nitro benzene ring substituents is 2. The van der Waals surface area contributed by atoms with Crippen molar-refractivity contribution in [2.75, 3.05) is 7.11 Å². The van der Waals surface area contributed by atoms with Crippen molar-refractivity contribution in [1.29, 1.82) is 0 Å². The molecule has 3 aromatic rings. The van der Waals surface area contributed by atoms with Crippen molar-refractivity contribution in [2.45, 2.75) is 0 Å². The van der Waals surface area contributed by atoms with Crippen molar-refractivity contribution in [3.63, 3.8) is 0 Å². The molecule has 0 amide bonds. The molecule has 1 aliphatic carbocycles. The van der Waals surface area contributed by atoms with Crippen molar-refractivity contribution in [3.8, 4) is 16.9 Å². The molecule has 0 spiro atoms. The number of aliphatic imine (C=N–C) groups is 1. The van der Waals surface area contributed by atoms with E-state index in [0.717, 1.165) is 0 Å². The lowest BCUT2D eigenvalue weighted by molar-refractivity contribution is -0.385. The molecule has 0 bridgehead atoms. The van der Waals surface area contributed by atoms with E-state index in [2.05, 4.69) is 4.99 Å². The van der Waals surface area contributed by atoms with Crippen molar-refractivity contribution in [3.05, 3.63) is 92.0 Å². The lowest BCUT2D eigenvalue weighted by atomic mass is 10.0. The number of hydrogen-bond donors (Lipinski definition) is 0. The SMILES string of the molecule is COc1ccc(N=C2c3cc([N+](=O)[O-])ccc3-c3c2cccc3[N+](=O)[O-])cc1. The van der Waals surface area contributed by atoms with E-state index in [1.165, 1.54) is 24.3 Å². The van der Waals surface area contributed by atoms with Crippen LogP contribution < -0.4 is 4.74 Å². The summed E-state index contributed by atoms with van der Waals surface area (Å²) < 4.78 is 5.14. The van der Waals surface area contributed by atoms with E-state index in [1.54, 1.807) is 43.5 Å². The Balaban J connectivity index is 1.98. The fraction of sp³-hybridized carbons (Fsp3) is 0.0500. The zero-order chi connectivity index (χ0) is 19.8. The van der Waals surface area contributed by atoms with Gasteiger partial charge in [0.25, 0.3) is 11.4 Å². The summed E-state index contributed by atoms with van der Waals surface area (Å²) >= 11 is 0. The van der Waals surface area contributed by atoms with Crippen molar-refractivity contribution < 1.29 is 14.6 Å². The van der Waals surface area contributed by atoms with Crippen LogP contribution in [0.5, 0.6) is 5.75 Å². The van der Waals surface area contributed by atoms with E-state index in [0.29, 0.717) is 39.4 Å². The van der Waals surface area contributed by atoms with Crippen LogP contribution in [-0.2, 0) is 0 Å².